The lowest BCUT2D eigenvalue weighted by molar-refractivity contribution is -0.137. The molecule has 4 atom stereocenters. The molecule has 2 fully saturated rings. The van der Waals surface area contributed by atoms with Gasteiger partial charge in [-0.2, -0.15) is 0 Å². The van der Waals surface area contributed by atoms with Gasteiger partial charge in [-0.05, 0) is 56.2 Å². The summed E-state index contributed by atoms with van der Waals surface area (Å²) in [4.78, 5) is 48.0. The Bertz CT molecular complexity index is 1210. The Morgan fingerprint density at radius 1 is 0.800 bits per heavy atom. The Labute approximate surface area is 230 Å². The molecule has 0 spiro atoms. The van der Waals surface area contributed by atoms with Gasteiger partial charge in [0, 0.05) is 6.08 Å². The van der Waals surface area contributed by atoms with E-state index in [4.69, 9.17) is 33.2 Å². The number of hydrogen-bond donors (Lipinski definition) is 0. The molecule has 2 saturated heterocycles. The van der Waals surface area contributed by atoms with Crippen molar-refractivity contribution in [2.75, 3.05) is 26.4 Å². The minimum absolute atomic E-state index is 0.0918. The summed E-state index contributed by atoms with van der Waals surface area (Å²) in [6.45, 7) is 5.75. The number of unbranched alkanes of at least 4 members (excludes halogenated alkanes) is 1. The van der Waals surface area contributed by atoms with Crippen LogP contribution in [0, 0.1) is 6.92 Å². The predicted octanol–water partition coefficient (Wildman–Crippen LogP) is 3.57. The van der Waals surface area contributed by atoms with Gasteiger partial charge in [-0.15, -0.1) is 0 Å². The van der Waals surface area contributed by atoms with Gasteiger partial charge in [-0.25, -0.2) is 19.2 Å². The van der Waals surface area contributed by atoms with Crippen molar-refractivity contribution in [1.29, 1.82) is 0 Å². The second-order valence-electron chi connectivity index (χ2n) is 9.15. The van der Waals surface area contributed by atoms with Gasteiger partial charge in [0.15, 0.2) is 12.2 Å². The molecule has 4 rings (SSSR count). The minimum Gasteiger partial charge on any atom is -0.463 e. The molecule has 2 aromatic carbocycles. The van der Waals surface area contributed by atoms with Crippen molar-refractivity contribution < 1.29 is 52.3 Å². The quantitative estimate of drug-likeness (QED) is 0.133. The third kappa shape index (κ3) is 7.67. The highest BCUT2D eigenvalue weighted by Crippen LogP contribution is 2.31. The SMILES string of the molecule is C=CC(=O)OCCCCOC(=O)Oc1ccc(C(=O)O[C@H]2COC3C2OC[C@H]3OC(=O)c2ccc(C)cc2)cc1. The Hall–Kier alpha value is -4.22. The molecule has 0 bridgehead atoms. The average molecular weight is 555 g/mol. The molecular formula is C29H30O11. The van der Waals surface area contributed by atoms with E-state index in [0.29, 0.717) is 18.4 Å². The summed E-state index contributed by atoms with van der Waals surface area (Å²) in [5.74, 6) is -1.41. The maximum absolute atomic E-state index is 12.7. The van der Waals surface area contributed by atoms with Crippen LogP contribution in [-0.2, 0) is 33.2 Å². The lowest BCUT2D eigenvalue weighted by Crippen LogP contribution is -2.36. The van der Waals surface area contributed by atoms with E-state index in [-0.39, 0.29) is 37.7 Å². The van der Waals surface area contributed by atoms with E-state index in [1.807, 2.05) is 19.1 Å². The molecule has 0 amide bonds. The third-order valence-corrected chi connectivity index (χ3v) is 6.23. The maximum atomic E-state index is 12.7. The van der Waals surface area contributed by atoms with Crippen molar-refractivity contribution >= 4 is 24.1 Å². The zero-order valence-electron chi connectivity index (χ0n) is 21.9. The maximum Gasteiger partial charge on any atom is 0.513 e. The highest BCUT2D eigenvalue weighted by Gasteiger charge is 2.51. The monoisotopic (exact) mass is 554 g/mol. The number of aryl methyl sites for hydroxylation is 1. The molecular weight excluding hydrogens is 524 g/mol. The second kappa shape index (κ2) is 13.7. The average Bonchev–Trinajstić information content (AvgIpc) is 3.54. The highest BCUT2D eigenvalue weighted by molar-refractivity contribution is 5.90. The lowest BCUT2D eigenvalue weighted by Gasteiger charge is -2.17. The molecule has 40 heavy (non-hydrogen) atoms. The molecule has 0 aliphatic carbocycles. The van der Waals surface area contributed by atoms with Gasteiger partial charge in [0.25, 0.3) is 0 Å². The molecule has 212 valence electrons. The summed E-state index contributed by atoms with van der Waals surface area (Å²) in [7, 11) is 0. The molecule has 11 nitrogen and oxygen atoms in total. The molecule has 0 radical (unpaired) electrons. The van der Waals surface area contributed by atoms with Gasteiger partial charge in [-0.1, -0.05) is 24.3 Å². The van der Waals surface area contributed by atoms with Crippen LogP contribution in [0.1, 0.15) is 39.1 Å². The van der Waals surface area contributed by atoms with Crippen LogP contribution in [0.5, 0.6) is 5.75 Å². The summed E-state index contributed by atoms with van der Waals surface area (Å²) >= 11 is 0. The Morgan fingerprint density at radius 2 is 1.30 bits per heavy atom. The summed E-state index contributed by atoms with van der Waals surface area (Å²) in [5.41, 5.74) is 1.70. The van der Waals surface area contributed by atoms with Gasteiger partial charge in [-0.3, -0.25) is 0 Å². The number of carbonyl (C=O) groups excluding carboxylic acids is 4. The highest BCUT2D eigenvalue weighted by atomic mass is 16.7. The number of benzene rings is 2. The number of rotatable bonds is 11. The number of ether oxygens (including phenoxy) is 7. The molecule has 2 heterocycles. The van der Waals surface area contributed by atoms with Crippen molar-refractivity contribution in [2.45, 2.75) is 44.2 Å². The Kier molecular flexibility index (Phi) is 9.87. The van der Waals surface area contributed by atoms with Crippen LogP contribution in [0.3, 0.4) is 0 Å². The van der Waals surface area contributed by atoms with Crippen LogP contribution < -0.4 is 4.74 Å². The van der Waals surface area contributed by atoms with E-state index in [0.717, 1.165) is 11.6 Å². The molecule has 11 heteroatoms. The first-order chi connectivity index (χ1) is 19.3. The molecule has 2 aliphatic heterocycles. The Morgan fingerprint density at radius 3 is 1.82 bits per heavy atom. The fourth-order valence-electron chi connectivity index (χ4n) is 4.11. The number of esters is 3. The normalized spacial score (nSPS) is 21.1. The lowest BCUT2D eigenvalue weighted by atomic mass is 10.1. The second-order valence-corrected chi connectivity index (χ2v) is 9.15. The molecule has 0 saturated carbocycles. The summed E-state index contributed by atoms with van der Waals surface area (Å²) in [6.07, 6.45) is -1.23. The summed E-state index contributed by atoms with van der Waals surface area (Å²) in [5, 5.41) is 0. The van der Waals surface area contributed by atoms with Gasteiger partial charge in [0.05, 0.1) is 37.6 Å². The zero-order valence-corrected chi connectivity index (χ0v) is 21.9. The molecule has 2 aromatic rings. The van der Waals surface area contributed by atoms with Crippen LogP contribution in [0.2, 0.25) is 0 Å². The number of hydrogen-bond acceptors (Lipinski definition) is 11. The molecule has 2 aliphatic rings. The van der Waals surface area contributed by atoms with E-state index in [1.54, 1.807) is 12.1 Å². The van der Waals surface area contributed by atoms with Crippen molar-refractivity contribution in [3.8, 4) is 5.75 Å². The van der Waals surface area contributed by atoms with E-state index >= 15 is 0 Å². The molecule has 0 aromatic heterocycles. The van der Waals surface area contributed by atoms with E-state index in [1.165, 1.54) is 24.3 Å². The predicted molar refractivity (Wildman–Crippen MR) is 138 cm³/mol. The van der Waals surface area contributed by atoms with Crippen LogP contribution >= 0.6 is 0 Å². The van der Waals surface area contributed by atoms with Crippen LogP contribution in [0.4, 0.5) is 4.79 Å². The van der Waals surface area contributed by atoms with Gasteiger partial charge in [0.1, 0.15) is 18.0 Å². The van der Waals surface area contributed by atoms with Crippen LogP contribution in [0.25, 0.3) is 0 Å². The fraction of sp³-hybridized carbons (Fsp3) is 0.379. The first-order valence-electron chi connectivity index (χ1n) is 12.8. The standard InChI is InChI=1S/C29H30O11/c1-3-24(30)34-14-4-5-15-35-29(33)38-21-12-10-20(11-13-21)28(32)40-23-17-37-25-22(16-36-26(23)25)39-27(31)19-8-6-18(2)7-9-19/h3,6-13,22-23,25-26H,1,4-5,14-17H2,2H3/t22-,23+,25?,26?/m1/s1. The summed E-state index contributed by atoms with van der Waals surface area (Å²) < 4.78 is 37.6. The zero-order chi connectivity index (χ0) is 28.5. The van der Waals surface area contributed by atoms with Crippen molar-refractivity contribution in [1.82, 2.24) is 0 Å². The minimum atomic E-state index is -0.899. The number of carbonyl (C=O) groups is 4. The fourth-order valence-corrected chi connectivity index (χ4v) is 4.11. The van der Waals surface area contributed by atoms with Gasteiger partial charge in [0.2, 0.25) is 0 Å². The van der Waals surface area contributed by atoms with Crippen molar-refractivity contribution in [3.63, 3.8) is 0 Å². The van der Waals surface area contributed by atoms with E-state index in [2.05, 4.69) is 6.58 Å². The van der Waals surface area contributed by atoms with Crippen molar-refractivity contribution in [2.24, 2.45) is 0 Å². The molecule has 2 unspecified atom stereocenters. The third-order valence-electron chi connectivity index (χ3n) is 6.23. The summed E-state index contributed by atoms with van der Waals surface area (Å²) in [6, 6.07) is 12.8. The van der Waals surface area contributed by atoms with Gasteiger partial charge < -0.3 is 33.2 Å². The molecule has 0 N–H and O–H groups in total. The van der Waals surface area contributed by atoms with E-state index < -0.39 is 48.5 Å². The smallest absolute Gasteiger partial charge is 0.463 e. The van der Waals surface area contributed by atoms with Gasteiger partial charge >= 0.3 is 24.1 Å². The van der Waals surface area contributed by atoms with Crippen LogP contribution in [-0.4, -0.2) is 74.9 Å². The Balaban J connectivity index is 1.19. The topological polar surface area (TPSA) is 133 Å². The largest absolute Gasteiger partial charge is 0.513 e. The van der Waals surface area contributed by atoms with Crippen LogP contribution in [0.15, 0.2) is 61.2 Å². The van der Waals surface area contributed by atoms with Crippen molar-refractivity contribution in [3.05, 3.63) is 77.9 Å². The first kappa shape index (κ1) is 28.8. The first-order valence-corrected chi connectivity index (χ1v) is 12.8. The number of fused-ring (bicyclic) bond motifs is 1. The van der Waals surface area contributed by atoms with E-state index in [9.17, 15) is 19.2 Å².